The van der Waals surface area contributed by atoms with Gasteiger partial charge in [0, 0.05) is 18.8 Å². The molecule has 0 fully saturated rings. The van der Waals surface area contributed by atoms with Crippen LogP contribution in [0.4, 0.5) is 5.69 Å². The van der Waals surface area contributed by atoms with Crippen molar-refractivity contribution < 1.29 is 0 Å². The smallest absolute Gasteiger partial charge is 0.193 e. The molecule has 0 aliphatic rings. The van der Waals surface area contributed by atoms with Crippen molar-refractivity contribution in [3.63, 3.8) is 0 Å². The summed E-state index contributed by atoms with van der Waals surface area (Å²) >= 11 is 0. The molecule has 0 unspecified atom stereocenters. The third-order valence-electron chi connectivity index (χ3n) is 1.91. The molecule has 0 aliphatic carbocycles. The van der Waals surface area contributed by atoms with Gasteiger partial charge in [0.25, 0.3) is 0 Å². The van der Waals surface area contributed by atoms with Gasteiger partial charge in [-0.1, -0.05) is 6.92 Å². The molecule has 0 spiro atoms. The SMILES string of the molecule is CCCN=C(N)Nc1cnn(C(C)C)c1. The number of nitrogens with one attached hydrogen (secondary N) is 1. The quantitative estimate of drug-likeness (QED) is 0.584. The normalized spacial score (nSPS) is 12.1. The molecule has 3 N–H and O–H groups in total. The summed E-state index contributed by atoms with van der Waals surface area (Å²) in [5.41, 5.74) is 6.55. The standard InChI is InChI=1S/C10H19N5/c1-4-5-12-10(11)14-9-6-13-15(7-9)8(2)3/h6-8H,4-5H2,1-3H3,(H3,11,12,14). The summed E-state index contributed by atoms with van der Waals surface area (Å²) in [6, 6.07) is 0.356. The highest BCUT2D eigenvalue weighted by molar-refractivity contribution is 5.91. The van der Waals surface area contributed by atoms with Crippen molar-refractivity contribution in [2.75, 3.05) is 11.9 Å². The lowest BCUT2D eigenvalue weighted by Crippen LogP contribution is -2.22. The molecule has 5 nitrogen and oxygen atoms in total. The first-order valence-corrected chi connectivity index (χ1v) is 5.24. The summed E-state index contributed by atoms with van der Waals surface area (Å²) in [5, 5.41) is 7.19. The molecule has 1 heterocycles. The van der Waals surface area contributed by atoms with Gasteiger partial charge in [-0.2, -0.15) is 5.10 Å². The van der Waals surface area contributed by atoms with Crippen molar-refractivity contribution >= 4 is 11.6 Å². The molecule has 1 aromatic heterocycles. The third-order valence-corrected chi connectivity index (χ3v) is 1.91. The highest BCUT2D eigenvalue weighted by atomic mass is 15.3. The molecule has 1 aromatic rings. The van der Waals surface area contributed by atoms with Gasteiger partial charge in [0.15, 0.2) is 5.96 Å². The lowest BCUT2D eigenvalue weighted by Gasteiger charge is -2.04. The number of guanidine groups is 1. The molecule has 84 valence electrons. The predicted molar refractivity (Wildman–Crippen MR) is 63.0 cm³/mol. The number of aromatic nitrogens is 2. The molecule has 0 aliphatic heterocycles. The predicted octanol–water partition coefficient (Wildman–Crippen LogP) is 1.60. The first-order valence-electron chi connectivity index (χ1n) is 5.24. The van der Waals surface area contributed by atoms with E-state index in [9.17, 15) is 0 Å². The fourth-order valence-electron chi connectivity index (χ4n) is 1.10. The maximum atomic E-state index is 5.68. The second kappa shape index (κ2) is 5.38. The van der Waals surface area contributed by atoms with E-state index in [1.54, 1.807) is 6.20 Å². The van der Waals surface area contributed by atoms with Crippen LogP contribution in [0.1, 0.15) is 33.2 Å². The zero-order valence-electron chi connectivity index (χ0n) is 9.57. The number of hydrogen-bond donors (Lipinski definition) is 2. The second-order valence-corrected chi connectivity index (χ2v) is 3.69. The Labute approximate surface area is 90.4 Å². The Bertz CT molecular complexity index is 326. The fourth-order valence-corrected chi connectivity index (χ4v) is 1.10. The van der Waals surface area contributed by atoms with E-state index in [1.165, 1.54) is 0 Å². The van der Waals surface area contributed by atoms with E-state index in [0.717, 1.165) is 18.7 Å². The molecule has 0 amide bonds. The van der Waals surface area contributed by atoms with Gasteiger partial charge in [-0.25, -0.2) is 0 Å². The fraction of sp³-hybridized carbons (Fsp3) is 0.600. The number of hydrogen-bond acceptors (Lipinski definition) is 2. The molecule has 0 atom stereocenters. The zero-order valence-corrected chi connectivity index (χ0v) is 9.57. The van der Waals surface area contributed by atoms with Gasteiger partial charge in [-0.05, 0) is 20.3 Å². The van der Waals surface area contributed by atoms with Crippen LogP contribution >= 0.6 is 0 Å². The van der Waals surface area contributed by atoms with E-state index in [4.69, 9.17) is 5.73 Å². The summed E-state index contributed by atoms with van der Waals surface area (Å²) < 4.78 is 1.87. The first kappa shape index (κ1) is 11.6. The number of anilines is 1. The lowest BCUT2D eigenvalue weighted by atomic mass is 10.4. The van der Waals surface area contributed by atoms with Gasteiger partial charge in [-0.3, -0.25) is 9.67 Å². The third kappa shape index (κ3) is 3.61. The van der Waals surface area contributed by atoms with E-state index in [1.807, 2.05) is 10.9 Å². The Morgan fingerprint density at radius 1 is 1.67 bits per heavy atom. The molecule has 0 radical (unpaired) electrons. The molecule has 0 bridgehead atoms. The Balaban J connectivity index is 2.57. The minimum atomic E-state index is 0.356. The second-order valence-electron chi connectivity index (χ2n) is 3.69. The number of nitrogens with zero attached hydrogens (tertiary/aromatic N) is 3. The van der Waals surface area contributed by atoms with Gasteiger partial charge in [0.1, 0.15) is 0 Å². The first-order chi connectivity index (χ1) is 7.13. The lowest BCUT2D eigenvalue weighted by molar-refractivity contribution is 0.532. The van der Waals surface area contributed by atoms with Gasteiger partial charge >= 0.3 is 0 Å². The topological polar surface area (TPSA) is 68.2 Å². The summed E-state index contributed by atoms with van der Waals surface area (Å²) in [6.07, 6.45) is 4.65. The van der Waals surface area contributed by atoms with Crippen LogP contribution in [0.15, 0.2) is 17.4 Å². The van der Waals surface area contributed by atoms with Crippen molar-refractivity contribution in [2.24, 2.45) is 10.7 Å². The molecule has 0 saturated heterocycles. The summed E-state index contributed by atoms with van der Waals surface area (Å²) in [4.78, 5) is 4.14. The molecule has 0 aromatic carbocycles. The van der Waals surface area contributed by atoms with Gasteiger partial charge < -0.3 is 11.1 Å². The molecule has 5 heteroatoms. The summed E-state index contributed by atoms with van der Waals surface area (Å²) in [7, 11) is 0. The minimum absolute atomic E-state index is 0.356. The Kier molecular flexibility index (Phi) is 4.15. The van der Waals surface area contributed by atoms with Crippen molar-refractivity contribution in [2.45, 2.75) is 33.2 Å². The van der Waals surface area contributed by atoms with E-state index >= 15 is 0 Å². The van der Waals surface area contributed by atoms with E-state index < -0.39 is 0 Å². The zero-order chi connectivity index (χ0) is 11.3. The number of rotatable bonds is 4. The van der Waals surface area contributed by atoms with Crippen molar-refractivity contribution in [3.05, 3.63) is 12.4 Å². The van der Waals surface area contributed by atoms with Crippen molar-refractivity contribution in [1.82, 2.24) is 9.78 Å². The summed E-state index contributed by atoms with van der Waals surface area (Å²) in [6.45, 7) is 6.96. The largest absolute Gasteiger partial charge is 0.370 e. The van der Waals surface area contributed by atoms with Crippen LogP contribution in [-0.4, -0.2) is 22.3 Å². The molecular weight excluding hydrogens is 190 g/mol. The van der Waals surface area contributed by atoms with Gasteiger partial charge in [-0.15, -0.1) is 0 Å². The van der Waals surface area contributed by atoms with Crippen LogP contribution < -0.4 is 11.1 Å². The minimum Gasteiger partial charge on any atom is -0.370 e. The summed E-state index contributed by atoms with van der Waals surface area (Å²) in [5.74, 6) is 0.445. The van der Waals surface area contributed by atoms with Gasteiger partial charge in [0.2, 0.25) is 0 Å². The molecule has 1 rings (SSSR count). The Morgan fingerprint density at radius 2 is 2.40 bits per heavy atom. The molecule has 15 heavy (non-hydrogen) atoms. The Hall–Kier alpha value is -1.52. The van der Waals surface area contributed by atoms with E-state index in [2.05, 4.69) is 36.2 Å². The van der Waals surface area contributed by atoms with Crippen LogP contribution in [0, 0.1) is 0 Å². The maximum Gasteiger partial charge on any atom is 0.193 e. The van der Waals surface area contributed by atoms with E-state index in [-0.39, 0.29) is 0 Å². The van der Waals surface area contributed by atoms with Gasteiger partial charge in [0.05, 0.1) is 11.9 Å². The van der Waals surface area contributed by atoms with Crippen LogP contribution in [0.3, 0.4) is 0 Å². The van der Waals surface area contributed by atoms with Crippen LogP contribution in [-0.2, 0) is 0 Å². The van der Waals surface area contributed by atoms with Crippen molar-refractivity contribution in [3.8, 4) is 0 Å². The van der Waals surface area contributed by atoms with Crippen LogP contribution in [0.25, 0.3) is 0 Å². The van der Waals surface area contributed by atoms with Crippen LogP contribution in [0.2, 0.25) is 0 Å². The Morgan fingerprint density at radius 3 is 2.93 bits per heavy atom. The highest BCUT2D eigenvalue weighted by Crippen LogP contribution is 2.09. The maximum absolute atomic E-state index is 5.68. The van der Waals surface area contributed by atoms with Crippen molar-refractivity contribution in [1.29, 1.82) is 0 Å². The number of nitrogens with two attached hydrogens (primary N) is 1. The average molecular weight is 209 g/mol. The average Bonchev–Trinajstić information content (AvgIpc) is 2.63. The monoisotopic (exact) mass is 209 g/mol. The van der Waals surface area contributed by atoms with E-state index in [0.29, 0.717) is 12.0 Å². The van der Waals surface area contributed by atoms with Crippen LogP contribution in [0.5, 0.6) is 0 Å². The molecule has 0 saturated carbocycles. The highest BCUT2D eigenvalue weighted by Gasteiger charge is 2.01. The molecular formula is C10H19N5. The number of aliphatic imine (C=N–C) groups is 1.